The molecule has 5 heteroatoms. The van der Waals surface area contributed by atoms with E-state index in [1.54, 1.807) is 17.4 Å². The second-order valence-corrected chi connectivity index (χ2v) is 5.28. The molecule has 2 nitrogen and oxygen atoms in total. The van der Waals surface area contributed by atoms with Gasteiger partial charge in [-0.1, -0.05) is 6.07 Å². The van der Waals surface area contributed by atoms with Crippen molar-refractivity contribution in [2.45, 2.75) is 6.42 Å². The summed E-state index contributed by atoms with van der Waals surface area (Å²) in [7, 11) is 0. The zero-order chi connectivity index (χ0) is 11.1. The third-order valence-corrected chi connectivity index (χ3v) is 4.21. The van der Waals surface area contributed by atoms with Crippen molar-refractivity contribution in [3.05, 3.63) is 39.6 Å². The number of hydrogen-bond acceptors (Lipinski definition) is 3. The Morgan fingerprint density at radius 2 is 2.31 bits per heavy atom. The zero-order valence-corrected chi connectivity index (χ0v) is 10.7. The number of nitrogens with zero attached hydrogens (tertiary/aromatic N) is 2. The van der Waals surface area contributed by atoms with Crippen LogP contribution in [-0.4, -0.2) is 11.5 Å². The molecule has 2 aromatic rings. The lowest BCUT2D eigenvalue weighted by atomic mass is 10.2. The Bertz CT molecular complexity index is 541. The molecule has 3 rings (SSSR count). The lowest BCUT2D eigenvalue weighted by molar-refractivity contribution is 0.628. The first kappa shape index (κ1) is 10.2. The number of halogens is 2. The largest absolute Gasteiger partial charge is 0.317 e. The predicted molar refractivity (Wildman–Crippen MR) is 66.9 cm³/mol. The Morgan fingerprint density at radius 3 is 3.06 bits per heavy atom. The van der Waals surface area contributed by atoms with Gasteiger partial charge in [-0.25, -0.2) is 9.37 Å². The molecule has 0 N–H and O–H groups in total. The first-order chi connectivity index (χ1) is 7.74. The molecule has 0 spiro atoms. The van der Waals surface area contributed by atoms with Crippen molar-refractivity contribution in [1.82, 2.24) is 4.98 Å². The van der Waals surface area contributed by atoms with Gasteiger partial charge in [0.25, 0.3) is 0 Å². The summed E-state index contributed by atoms with van der Waals surface area (Å²) >= 11 is 4.89. The van der Waals surface area contributed by atoms with Gasteiger partial charge in [-0.2, -0.15) is 0 Å². The van der Waals surface area contributed by atoms with Crippen LogP contribution < -0.4 is 4.90 Å². The molecule has 0 aliphatic carbocycles. The number of rotatable bonds is 1. The highest BCUT2D eigenvalue weighted by atomic mass is 79.9. The minimum absolute atomic E-state index is 0.193. The summed E-state index contributed by atoms with van der Waals surface area (Å²) in [5.74, 6) is -0.193. The highest BCUT2D eigenvalue weighted by Gasteiger charge is 2.22. The van der Waals surface area contributed by atoms with Crippen molar-refractivity contribution in [1.29, 1.82) is 0 Å². The van der Waals surface area contributed by atoms with E-state index in [2.05, 4.69) is 25.8 Å². The number of fused-ring (bicyclic) bond motifs is 1. The summed E-state index contributed by atoms with van der Waals surface area (Å²) in [6.07, 6.45) is 0.951. The molecular formula is C11H8BrFN2S. The van der Waals surface area contributed by atoms with Crippen molar-refractivity contribution >= 4 is 38.1 Å². The van der Waals surface area contributed by atoms with Crippen molar-refractivity contribution in [3.63, 3.8) is 0 Å². The number of anilines is 2. The molecule has 1 aromatic carbocycles. The maximum Gasteiger partial charge on any atom is 0.190 e. The predicted octanol–water partition coefficient (Wildman–Crippen LogP) is 3.74. The Balaban J connectivity index is 2.05. The molecule has 0 atom stereocenters. The van der Waals surface area contributed by atoms with Crippen LogP contribution in [0.2, 0.25) is 0 Å². The molecular weight excluding hydrogens is 291 g/mol. The van der Waals surface area contributed by atoms with Crippen LogP contribution in [-0.2, 0) is 6.42 Å². The molecule has 1 aliphatic rings. The van der Waals surface area contributed by atoms with Crippen LogP contribution in [0.5, 0.6) is 0 Å². The molecule has 1 aromatic heterocycles. The lowest BCUT2D eigenvalue weighted by Gasteiger charge is -2.15. The molecule has 0 amide bonds. The molecule has 0 saturated heterocycles. The van der Waals surface area contributed by atoms with Crippen LogP contribution >= 0.6 is 27.3 Å². The summed E-state index contributed by atoms with van der Waals surface area (Å²) in [5, 5.41) is 2.85. The number of thiazole rings is 1. The summed E-state index contributed by atoms with van der Waals surface area (Å²) in [6, 6.07) is 4.95. The van der Waals surface area contributed by atoms with E-state index in [0.717, 1.165) is 28.4 Å². The number of hydrogen-bond donors (Lipinski definition) is 0. The fraction of sp³-hybridized carbons (Fsp3) is 0.182. The molecule has 0 saturated carbocycles. The first-order valence-electron chi connectivity index (χ1n) is 4.91. The highest BCUT2D eigenvalue weighted by molar-refractivity contribution is 9.10. The summed E-state index contributed by atoms with van der Waals surface area (Å²) in [6.45, 7) is 0.874. The molecule has 1 aliphatic heterocycles. The maximum atomic E-state index is 13.2. The van der Waals surface area contributed by atoms with E-state index in [-0.39, 0.29) is 5.82 Å². The Morgan fingerprint density at radius 1 is 1.44 bits per heavy atom. The topological polar surface area (TPSA) is 16.1 Å². The van der Waals surface area contributed by atoms with Gasteiger partial charge in [0, 0.05) is 17.6 Å². The van der Waals surface area contributed by atoms with Gasteiger partial charge in [-0.05, 0) is 40.0 Å². The second kappa shape index (κ2) is 3.82. The van der Waals surface area contributed by atoms with E-state index in [0.29, 0.717) is 0 Å². The van der Waals surface area contributed by atoms with Gasteiger partial charge in [0.2, 0.25) is 0 Å². The minimum Gasteiger partial charge on any atom is -0.317 e. The standard InChI is InChI=1S/C11H8BrFN2S/c12-10-6-16-11(14-10)15-4-3-7-1-2-8(13)5-9(7)15/h1-2,5-6H,3-4H2. The molecule has 0 radical (unpaired) electrons. The normalized spacial score (nSPS) is 14.2. The first-order valence-corrected chi connectivity index (χ1v) is 6.58. The van der Waals surface area contributed by atoms with Gasteiger partial charge >= 0.3 is 0 Å². The average molecular weight is 299 g/mol. The van der Waals surface area contributed by atoms with E-state index in [4.69, 9.17) is 0 Å². The highest BCUT2D eigenvalue weighted by Crippen LogP contribution is 2.37. The molecule has 0 fully saturated rings. The summed E-state index contributed by atoms with van der Waals surface area (Å²) < 4.78 is 14.0. The van der Waals surface area contributed by atoms with E-state index in [1.807, 2.05) is 11.4 Å². The van der Waals surface area contributed by atoms with Gasteiger partial charge < -0.3 is 4.90 Å². The van der Waals surface area contributed by atoms with Crippen LogP contribution in [0.1, 0.15) is 5.56 Å². The Hall–Kier alpha value is -0.940. The smallest absolute Gasteiger partial charge is 0.190 e. The average Bonchev–Trinajstić information content (AvgIpc) is 2.83. The maximum absolute atomic E-state index is 13.2. The van der Waals surface area contributed by atoms with E-state index in [1.165, 1.54) is 11.6 Å². The van der Waals surface area contributed by atoms with Crippen molar-refractivity contribution in [2.24, 2.45) is 0 Å². The molecule has 0 unspecified atom stereocenters. The molecule has 0 bridgehead atoms. The summed E-state index contributed by atoms with van der Waals surface area (Å²) in [4.78, 5) is 6.42. The third-order valence-electron chi connectivity index (χ3n) is 2.64. The fourth-order valence-electron chi connectivity index (χ4n) is 1.92. The minimum atomic E-state index is -0.193. The van der Waals surface area contributed by atoms with E-state index >= 15 is 0 Å². The molecule has 82 valence electrons. The molecule has 2 heterocycles. The lowest BCUT2D eigenvalue weighted by Crippen LogP contribution is -2.12. The van der Waals surface area contributed by atoms with Crippen LogP contribution in [0.15, 0.2) is 28.2 Å². The van der Waals surface area contributed by atoms with Gasteiger partial charge in [0.1, 0.15) is 10.4 Å². The van der Waals surface area contributed by atoms with Crippen LogP contribution in [0.3, 0.4) is 0 Å². The molecule has 16 heavy (non-hydrogen) atoms. The van der Waals surface area contributed by atoms with Crippen molar-refractivity contribution in [3.8, 4) is 0 Å². The third kappa shape index (κ3) is 1.64. The fourth-order valence-corrected chi connectivity index (χ4v) is 3.21. The monoisotopic (exact) mass is 298 g/mol. The zero-order valence-electron chi connectivity index (χ0n) is 8.28. The van der Waals surface area contributed by atoms with Gasteiger partial charge in [-0.15, -0.1) is 11.3 Å². The quantitative estimate of drug-likeness (QED) is 0.797. The van der Waals surface area contributed by atoms with Crippen LogP contribution in [0.25, 0.3) is 0 Å². The van der Waals surface area contributed by atoms with Crippen molar-refractivity contribution in [2.75, 3.05) is 11.4 Å². The number of benzene rings is 1. The van der Waals surface area contributed by atoms with Crippen LogP contribution in [0.4, 0.5) is 15.2 Å². The Kier molecular flexibility index (Phi) is 2.44. The number of aromatic nitrogens is 1. The van der Waals surface area contributed by atoms with Gasteiger partial charge in [0.15, 0.2) is 5.13 Å². The van der Waals surface area contributed by atoms with Crippen molar-refractivity contribution < 1.29 is 4.39 Å². The van der Waals surface area contributed by atoms with Crippen LogP contribution in [0, 0.1) is 5.82 Å². The second-order valence-electron chi connectivity index (χ2n) is 3.63. The van der Waals surface area contributed by atoms with Gasteiger partial charge in [-0.3, -0.25) is 0 Å². The summed E-state index contributed by atoms with van der Waals surface area (Å²) in [5.41, 5.74) is 2.13. The van der Waals surface area contributed by atoms with Gasteiger partial charge in [0.05, 0.1) is 0 Å². The Labute approximate surface area is 105 Å². The van der Waals surface area contributed by atoms with E-state index < -0.39 is 0 Å². The van der Waals surface area contributed by atoms with E-state index in [9.17, 15) is 4.39 Å². The SMILES string of the molecule is Fc1ccc2c(c1)N(c1nc(Br)cs1)CC2.